The molecule has 8 heteroatoms. The minimum absolute atomic E-state index is 0.408. The monoisotopic (exact) mass is 476 g/mol. The summed E-state index contributed by atoms with van der Waals surface area (Å²) in [7, 11) is 1.64. The first kappa shape index (κ1) is 20.6. The van der Waals surface area contributed by atoms with Crippen molar-refractivity contribution in [3.63, 3.8) is 0 Å². The van der Waals surface area contributed by atoms with Crippen LogP contribution < -0.4 is 19.3 Å². The van der Waals surface area contributed by atoms with E-state index in [0.717, 1.165) is 22.8 Å². The van der Waals surface area contributed by atoms with Crippen LogP contribution in [0.15, 0.2) is 78.9 Å². The smallest absolute Gasteiger partial charge is 0.247 e. The van der Waals surface area contributed by atoms with Crippen LogP contribution in [0.25, 0.3) is 0 Å². The van der Waals surface area contributed by atoms with Crippen LogP contribution in [-0.4, -0.2) is 22.1 Å². The number of nitrogens with zero attached hydrogens (tertiary/aromatic N) is 4. The topological polar surface area (TPSA) is 75.2 Å². The third kappa shape index (κ3) is 5.29. The largest absolute Gasteiger partial charge is 0.497 e. The molecule has 3 aromatic carbocycles. The molecular formula is C23H21BrN6O. The van der Waals surface area contributed by atoms with Gasteiger partial charge in [0.2, 0.25) is 17.8 Å². The lowest BCUT2D eigenvalue weighted by Gasteiger charge is -2.17. The molecule has 7 nitrogen and oxygen atoms in total. The number of benzene rings is 3. The summed E-state index contributed by atoms with van der Waals surface area (Å²) in [6.45, 7) is 2.05. The minimum Gasteiger partial charge on any atom is -0.497 e. The van der Waals surface area contributed by atoms with Gasteiger partial charge < -0.3 is 15.4 Å². The molecule has 31 heavy (non-hydrogen) atoms. The summed E-state index contributed by atoms with van der Waals surface area (Å²) in [5.41, 5.74) is 3.80. The molecule has 0 radical (unpaired) electrons. The molecule has 2 N–H and O–H groups in total. The summed E-state index contributed by atoms with van der Waals surface area (Å²) in [4.78, 5) is 13.7. The molecule has 0 saturated carbocycles. The number of aryl methyl sites for hydroxylation is 1. The van der Waals surface area contributed by atoms with Gasteiger partial charge in [0.25, 0.3) is 0 Å². The summed E-state index contributed by atoms with van der Waals surface area (Å²) in [5.74, 6) is 2.04. The number of hydrogen-bond acceptors (Lipinski definition) is 7. The fourth-order valence-corrected chi connectivity index (χ4v) is 3.20. The highest BCUT2D eigenvalue weighted by molar-refractivity contribution is 9.10. The van der Waals surface area contributed by atoms with E-state index in [9.17, 15) is 0 Å². The van der Waals surface area contributed by atoms with E-state index >= 15 is 0 Å². The van der Waals surface area contributed by atoms with Crippen molar-refractivity contribution in [2.24, 2.45) is 0 Å². The maximum Gasteiger partial charge on any atom is 0.247 e. The van der Waals surface area contributed by atoms with Crippen LogP contribution in [0, 0.1) is 6.92 Å². The van der Waals surface area contributed by atoms with E-state index in [4.69, 9.17) is 4.74 Å². The van der Waals surface area contributed by atoms with Gasteiger partial charge >= 0.3 is 0 Å². The molecule has 0 bridgehead atoms. The standard InChI is InChI=1S/C23H21BrN6O/c1-16-8-10-17(11-9-16)25-21-27-22(26-18-12-14-20(31-2)15-13-18)29-23(28-21)30(24)19-6-4-3-5-7-19/h3-15H,1-2H3,(H2,25,26,27,28,29). The summed E-state index contributed by atoms with van der Waals surface area (Å²) >= 11 is 3.57. The molecule has 0 fully saturated rings. The molecule has 0 aliphatic heterocycles. The Morgan fingerprint density at radius 3 is 1.84 bits per heavy atom. The Kier molecular flexibility index (Phi) is 6.28. The van der Waals surface area contributed by atoms with E-state index in [1.807, 2.05) is 85.8 Å². The van der Waals surface area contributed by atoms with Crippen LogP contribution in [0.2, 0.25) is 0 Å². The van der Waals surface area contributed by atoms with Crippen LogP contribution in [0.3, 0.4) is 0 Å². The first-order valence-corrected chi connectivity index (χ1v) is 10.3. The normalized spacial score (nSPS) is 10.4. The average molecular weight is 477 g/mol. The van der Waals surface area contributed by atoms with Gasteiger partial charge in [-0.05, 0) is 55.5 Å². The van der Waals surface area contributed by atoms with Gasteiger partial charge in [0.05, 0.1) is 28.9 Å². The molecule has 0 saturated heterocycles. The predicted octanol–water partition coefficient (Wildman–Crippen LogP) is 6.12. The van der Waals surface area contributed by atoms with Gasteiger partial charge in [0.15, 0.2) is 0 Å². The molecule has 156 valence electrons. The lowest BCUT2D eigenvalue weighted by Crippen LogP contribution is -2.11. The Morgan fingerprint density at radius 1 is 0.742 bits per heavy atom. The van der Waals surface area contributed by atoms with E-state index in [-0.39, 0.29) is 0 Å². The number of aromatic nitrogens is 3. The number of methoxy groups -OCH3 is 1. The number of anilines is 6. The second kappa shape index (κ2) is 9.44. The van der Waals surface area contributed by atoms with Gasteiger partial charge in [-0.1, -0.05) is 35.9 Å². The number of ether oxygens (including phenoxy) is 1. The fourth-order valence-electron chi connectivity index (χ4n) is 2.81. The third-order valence-electron chi connectivity index (χ3n) is 4.44. The molecule has 1 aromatic heterocycles. The third-order valence-corrected chi connectivity index (χ3v) is 5.16. The van der Waals surface area contributed by atoms with E-state index in [1.54, 1.807) is 11.0 Å². The van der Waals surface area contributed by atoms with E-state index in [2.05, 4.69) is 41.7 Å². The van der Waals surface area contributed by atoms with Crippen molar-refractivity contribution < 1.29 is 4.74 Å². The Morgan fingerprint density at radius 2 is 1.29 bits per heavy atom. The van der Waals surface area contributed by atoms with Crippen LogP contribution in [0.1, 0.15) is 5.56 Å². The van der Waals surface area contributed by atoms with Crippen LogP contribution in [0.4, 0.5) is 34.9 Å². The molecule has 4 rings (SSSR count). The SMILES string of the molecule is COc1ccc(Nc2nc(Nc3ccc(C)cc3)nc(N(Br)c3ccccc3)n2)cc1. The highest BCUT2D eigenvalue weighted by Crippen LogP contribution is 2.28. The second-order valence-electron chi connectivity index (χ2n) is 6.74. The molecule has 4 aromatic rings. The summed E-state index contributed by atoms with van der Waals surface area (Å²) in [5, 5.41) is 6.48. The van der Waals surface area contributed by atoms with Gasteiger partial charge in [0.1, 0.15) is 5.75 Å². The van der Waals surface area contributed by atoms with Gasteiger partial charge in [-0.25, -0.2) is 3.93 Å². The fraction of sp³-hybridized carbons (Fsp3) is 0.0870. The highest BCUT2D eigenvalue weighted by Gasteiger charge is 2.14. The molecule has 0 amide bonds. The van der Waals surface area contributed by atoms with Crippen molar-refractivity contribution in [1.29, 1.82) is 0 Å². The zero-order valence-corrected chi connectivity index (χ0v) is 18.7. The van der Waals surface area contributed by atoms with E-state index < -0.39 is 0 Å². The van der Waals surface area contributed by atoms with Crippen molar-refractivity contribution in [1.82, 2.24) is 15.0 Å². The number of hydrogen-bond donors (Lipinski definition) is 2. The first-order valence-electron chi connectivity index (χ1n) is 9.62. The lowest BCUT2D eigenvalue weighted by molar-refractivity contribution is 0.415. The summed E-state index contributed by atoms with van der Waals surface area (Å²) in [6.07, 6.45) is 0. The van der Waals surface area contributed by atoms with Gasteiger partial charge in [-0.2, -0.15) is 15.0 Å². The van der Waals surface area contributed by atoms with Crippen molar-refractivity contribution >= 4 is 51.1 Å². The summed E-state index contributed by atoms with van der Waals surface area (Å²) in [6, 6.07) is 25.4. The van der Waals surface area contributed by atoms with Gasteiger partial charge in [0, 0.05) is 11.4 Å². The van der Waals surface area contributed by atoms with Crippen LogP contribution in [-0.2, 0) is 0 Å². The highest BCUT2D eigenvalue weighted by atomic mass is 79.9. The second-order valence-corrected chi connectivity index (χ2v) is 7.45. The average Bonchev–Trinajstić information content (AvgIpc) is 2.81. The van der Waals surface area contributed by atoms with Crippen molar-refractivity contribution in [2.45, 2.75) is 6.92 Å². The first-order chi connectivity index (χ1) is 15.1. The zero-order chi connectivity index (χ0) is 21.6. The van der Waals surface area contributed by atoms with Gasteiger partial charge in [-0.15, -0.1) is 0 Å². The van der Waals surface area contributed by atoms with E-state index in [1.165, 1.54) is 5.56 Å². The van der Waals surface area contributed by atoms with Crippen LogP contribution in [0.5, 0.6) is 5.75 Å². The summed E-state index contributed by atoms with van der Waals surface area (Å²) < 4.78 is 6.95. The van der Waals surface area contributed by atoms with Crippen molar-refractivity contribution in [2.75, 3.05) is 21.7 Å². The minimum atomic E-state index is 0.408. The molecule has 0 atom stereocenters. The molecule has 0 unspecified atom stereocenters. The quantitative estimate of drug-likeness (QED) is 0.311. The molecule has 0 spiro atoms. The predicted molar refractivity (Wildman–Crippen MR) is 128 cm³/mol. The van der Waals surface area contributed by atoms with Crippen molar-refractivity contribution in [3.8, 4) is 5.75 Å². The van der Waals surface area contributed by atoms with Crippen molar-refractivity contribution in [3.05, 3.63) is 84.4 Å². The van der Waals surface area contributed by atoms with Crippen LogP contribution >= 0.6 is 16.1 Å². The molecule has 1 heterocycles. The lowest BCUT2D eigenvalue weighted by atomic mass is 10.2. The Balaban J connectivity index is 1.67. The Hall–Kier alpha value is -3.65. The van der Waals surface area contributed by atoms with E-state index in [0.29, 0.717) is 17.8 Å². The maximum atomic E-state index is 5.22. The molecular weight excluding hydrogens is 456 g/mol. The molecule has 0 aliphatic rings. The number of halogens is 1. The maximum absolute atomic E-state index is 5.22. The Bertz CT molecular complexity index is 1140. The molecule has 0 aliphatic carbocycles. The Labute approximate surface area is 189 Å². The zero-order valence-electron chi connectivity index (χ0n) is 17.1. The number of rotatable bonds is 7. The number of nitrogens with one attached hydrogen (secondary N) is 2. The number of para-hydroxylation sites is 1. The van der Waals surface area contributed by atoms with Gasteiger partial charge in [-0.3, -0.25) is 0 Å².